The molecule has 118 valence electrons. The molecule has 1 atom stereocenters. The third-order valence-corrected chi connectivity index (χ3v) is 4.63. The number of rotatable bonds is 4. The number of benzene rings is 2. The minimum Gasteiger partial charge on any atom is -0.339 e. The van der Waals surface area contributed by atoms with Crippen molar-refractivity contribution in [1.29, 1.82) is 0 Å². The fourth-order valence-electron chi connectivity index (χ4n) is 3.40. The molecular weight excluding hydrogens is 278 g/mol. The molecule has 1 aromatic heterocycles. The van der Waals surface area contributed by atoms with Crippen LogP contribution in [0.3, 0.4) is 0 Å². The quantitative estimate of drug-likeness (QED) is 0.537. The van der Waals surface area contributed by atoms with Crippen LogP contribution in [0.2, 0.25) is 0 Å². The van der Waals surface area contributed by atoms with Crippen LogP contribution in [0.4, 0.5) is 0 Å². The van der Waals surface area contributed by atoms with E-state index in [1.165, 1.54) is 27.4 Å². The van der Waals surface area contributed by atoms with Crippen molar-refractivity contribution in [1.82, 2.24) is 4.57 Å². The number of aryl methyl sites for hydroxylation is 1. The topological polar surface area (TPSA) is 4.93 Å². The molecule has 0 N–H and O–H groups in total. The largest absolute Gasteiger partial charge is 0.339 e. The SMILES string of the molecule is CCC#CC(CC)Cn1c2ccccc2c2cccc(CC)c21. The van der Waals surface area contributed by atoms with Crippen LogP contribution >= 0.6 is 0 Å². The fraction of sp³-hybridized carbons (Fsp3) is 0.364. The predicted molar refractivity (Wildman–Crippen MR) is 101 cm³/mol. The van der Waals surface area contributed by atoms with Gasteiger partial charge in [-0.05, 0) is 24.5 Å². The van der Waals surface area contributed by atoms with Gasteiger partial charge in [-0.25, -0.2) is 0 Å². The Hall–Kier alpha value is -2.20. The van der Waals surface area contributed by atoms with Gasteiger partial charge in [-0.3, -0.25) is 0 Å². The van der Waals surface area contributed by atoms with Gasteiger partial charge in [0.25, 0.3) is 0 Å². The second-order valence-corrected chi connectivity index (χ2v) is 6.07. The van der Waals surface area contributed by atoms with E-state index in [4.69, 9.17) is 0 Å². The van der Waals surface area contributed by atoms with Gasteiger partial charge in [0.15, 0.2) is 0 Å². The van der Waals surface area contributed by atoms with Crippen molar-refractivity contribution in [3.8, 4) is 11.8 Å². The molecular formula is C22H25N. The smallest absolute Gasteiger partial charge is 0.0524 e. The Bertz CT molecular complexity index is 873. The average molecular weight is 303 g/mol. The third-order valence-electron chi connectivity index (χ3n) is 4.63. The second kappa shape index (κ2) is 6.92. The van der Waals surface area contributed by atoms with Gasteiger partial charge in [0, 0.05) is 35.2 Å². The van der Waals surface area contributed by atoms with Crippen molar-refractivity contribution in [3.63, 3.8) is 0 Å². The summed E-state index contributed by atoms with van der Waals surface area (Å²) in [6.45, 7) is 7.58. The summed E-state index contributed by atoms with van der Waals surface area (Å²) in [7, 11) is 0. The van der Waals surface area contributed by atoms with Crippen LogP contribution in [-0.2, 0) is 13.0 Å². The first-order valence-electron chi connectivity index (χ1n) is 8.77. The lowest BCUT2D eigenvalue weighted by atomic mass is 10.1. The summed E-state index contributed by atoms with van der Waals surface area (Å²) in [5.74, 6) is 7.14. The van der Waals surface area contributed by atoms with Crippen LogP contribution < -0.4 is 0 Å². The number of aromatic nitrogens is 1. The summed E-state index contributed by atoms with van der Waals surface area (Å²) in [5.41, 5.74) is 4.16. The molecule has 0 bridgehead atoms. The first kappa shape index (κ1) is 15.7. The van der Waals surface area contributed by atoms with Crippen LogP contribution in [0, 0.1) is 17.8 Å². The Morgan fingerprint density at radius 1 is 0.957 bits per heavy atom. The molecule has 1 nitrogen and oxygen atoms in total. The van der Waals surface area contributed by atoms with Crippen LogP contribution in [0.1, 0.15) is 39.2 Å². The Kier molecular flexibility index (Phi) is 4.72. The molecule has 1 heteroatoms. The van der Waals surface area contributed by atoms with E-state index in [0.29, 0.717) is 5.92 Å². The summed E-state index contributed by atoms with van der Waals surface area (Å²) in [4.78, 5) is 0. The van der Waals surface area contributed by atoms with E-state index in [0.717, 1.165) is 25.8 Å². The Morgan fingerprint density at radius 3 is 2.48 bits per heavy atom. The van der Waals surface area contributed by atoms with E-state index in [2.05, 4.69) is 79.6 Å². The molecule has 1 unspecified atom stereocenters. The molecule has 1 heterocycles. The first-order chi connectivity index (χ1) is 11.3. The van der Waals surface area contributed by atoms with Crippen molar-refractivity contribution < 1.29 is 0 Å². The molecule has 0 aliphatic heterocycles. The lowest BCUT2D eigenvalue weighted by molar-refractivity contribution is 0.551. The molecule has 3 aromatic rings. The van der Waals surface area contributed by atoms with Crippen molar-refractivity contribution in [2.45, 2.75) is 46.6 Å². The lowest BCUT2D eigenvalue weighted by Crippen LogP contribution is -2.09. The summed E-state index contributed by atoms with van der Waals surface area (Å²) < 4.78 is 2.50. The minimum absolute atomic E-state index is 0.416. The number of para-hydroxylation sites is 2. The Morgan fingerprint density at radius 2 is 1.74 bits per heavy atom. The molecule has 0 saturated carbocycles. The highest BCUT2D eigenvalue weighted by Crippen LogP contribution is 2.32. The van der Waals surface area contributed by atoms with Crippen LogP contribution in [-0.4, -0.2) is 4.57 Å². The number of hydrogen-bond donors (Lipinski definition) is 0. The van der Waals surface area contributed by atoms with Crippen LogP contribution in [0.15, 0.2) is 42.5 Å². The molecule has 3 rings (SSSR count). The van der Waals surface area contributed by atoms with E-state index in [1.54, 1.807) is 0 Å². The van der Waals surface area contributed by atoms with Crippen LogP contribution in [0.25, 0.3) is 21.8 Å². The monoisotopic (exact) mass is 303 g/mol. The van der Waals surface area contributed by atoms with Crippen molar-refractivity contribution in [3.05, 3.63) is 48.0 Å². The zero-order valence-electron chi connectivity index (χ0n) is 14.4. The number of hydrogen-bond acceptors (Lipinski definition) is 0. The Labute approximate surface area is 139 Å². The highest BCUT2D eigenvalue weighted by atomic mass is 15.0. The second-order valence-electron chi connectivity index (χ2n) is 6.07. The number of nitrogens with zero attached hydrogens (tertiary/aromatic N) is 1. The summed E-state index contributed by atoms with van der Waals surface area (Å²) in [6, 6.07) is 15.5. The van der Waals surface area contributed by atoms with Gasteiger partial charge in [-0.2, -0.15) is 0 Å². The van der Waals surface area contributed by atoms with Gasteiger partial charge < -0.3 is 4.57 Å². The van der Waals surface area contributed by atoms with E-state index in [1.807, 2.05) is 0 Å². The maximum atomic E-state index is 3.45. The zero-order chi connectivity index (χ0) is 16.2. The highest BCUT2D eigenvalue weighted by Gasteiger charge is 2.15. The maximum Gasteiger partial charge on any atom is 0.0524 e. The van der Waals surface area contributed by atoms with Gasteiger partial charge >= 0.3 is 0 Å². The minimum atomic E-state index is 0.416. The molecule has 0 saturated heterocycles. The fourth-order valence-corrected chi connectivity index (χ4v) is 3.40. The number of fused-ring (bicyclic) bond motifs is 3. The molecule has 0 aliphatic rings. The normalized spacial score (nSPS) is 12.3. The van der Waals surface area contributed by atoms with E-state index in [9.17, 15) is 0 Å². The van der Waals surface area contributed by atoms with E-state index in [-0.39, 0.29) is 0 Å². The third kappa shape index (κ3) is 2.86. The molecule has 0 aliphatic carbocycles. The van der Waals surface area contributed by atoms with Gasteiger partial charge in [-0.15, -0.1) is 5.92 Å². The average Bonchev–Trinajstić information content (AvgIpc) is 2.92. The highest BCUT2D eigenvalue weighted by molar-refractivity contribution is 6.09. The van der Waals surface area contributed by atoms with Gasteiger partial charge in [-0.1, -0.05) is 63.1 Å². The Balaban J connectivity index is 2.23. The van der Waals surface area contributed by atoms with Crippen molar-refractivity contribution in [2.75, 3.05) is 0 Å². The van der Waals surface area contributed by atoms with E-state index < -0.39 is 0 Å². The van der Waals surface area contributed by atoms with Crippen molar-refractivity contribution in [2.24, 2.45) is 5.92 Å². The molecule has 0 spiro atoms. The van der Waals surface area contributed by atoms with Crippen molar-refractivity contribution >= 4 is 21.8 Å². The summed E-state index contributed by atoms with van der Waals surface area (Å²) in [6.07, 6.45) is 3.09. The molecule has 0 radical (unpaired) electrons. The lowest BCUT2D eigenvalue weighted by Gasteiger charge is -2.14. The zero-order valence-corrected chi connectivity index (χ0v) is 14.4. The summed E-state index contributed by atoms with van der Waals surface area (Å²) >= 11 is 0. The summed E-state index contributed by atoms with van der Waals surface area (Å²) in [5, 5.41) is 2.73. The van der Waals surface area contributed by atoms with Gasteiger partial charge in [0.2, 0.25) is 0 Å². The molecule has 0 amide bonds. The van der Waals surface area contributed by atoms with Gasteiger partial charge in [0.05, 0.1) is 5.52 Å². The molecule has 23 heavy (non-hydrogen) atoms. The van der Waals surface area contributed by atoms with Gasteiger partial charge in [0.1, 0.15) is 0 Å². The predicted octanol–water partition coefficient (Wildman–Crippen LogP) is 5.80. The maximum absolute atomic E-state index is 3.45. The standard InChI is InChI=1S/C22H25N/c1-4-7-11-17(5-2)16-23-21-15-9-8-13-19(21)20-14-10-12-18(6-3)22(20)23/h8-10,12-15,17H,4-6,16H2,1-3H3. The van der Waals surface area contributed by atoms with Crippen LogP contribution in [0.5, 0.6) is 0 Å². The molecule has 0 fully saturated rings. The van der Waals surface area contributed by atoms with E-state index >= 15 is 0 Å². The molecule has 2 aromatic carbocycles. The first-order valence-corrected chi connectivity index (χ1v) is 8.77.